The van der Waals surface area contributed by atoms with Crippen LogP contribution in [0, 0.1) is 0 Å². The lowest BCUT2D eigenvalue weighted by molar-refractivity contribution is -0.309. The fourth-order valence-corrected chi connectivity index (χ4v) is 6.24. The number of rotatable bonds is 9. The maximum absolute atomic E-state index is 12.5. The number of hydrogen-bond donors (Lipinski definition) is 0. The molecule has 2 heterocycles. The molecule has 0 radical (unpaired) electrons. The van der Waals surface area contributed by atoms with Crippen molar-refractivity contribution in [2.45, 2.75) is 115 Å². The molecule has 0 amide bonds. The van der Waals surface area contributed by atoms with E-state index in [4.69, 9.17) is 23.2 Å². The molecule has 0 unspecified atom stereocenters. The third-order valence-corrected chi connectivity index (χ3v) is 17.3. The summed E-state index contributed by atoms with van der Waals surface area (Å²) in [7, 11) is -4.19. The fraction of sp³-hybridized carbons (Fsp3) is 0.741. The topological polar surface area (TPSA) is 66.5 Å². The van der Waals surface area contributed by atoms with E-state index in [1.807, 2.05) is 30.3 Å². The number of hydrogen-bond acceptors (Lipinski definition) is 7. The average Bonchev–Trinajstić information content (AvgIpc) is 3.15. The Bertz CT molecular complexity index is 880. The van der Waals surface area contributed by atoms with Crippen molar-refractivity contribution in [3.63, 3.8) is 0 Å². The SMILES string of the molecule is CC(C)(C)[Si](C)(C)OC[C@H]1O[C@@H](COCc2ccccc2)N2OC(=O)C[C@H]2[C@@H]1O[Si](C)(C)C(C)(C)C. The summed E-state index contributed by atoms with van der Waals surface area (Å²) in [5, 5.41) is 1.77. The van der Waals surface area contributed by atoms with Gasteiger partial charge in [0.15, 0.2) is 22.9 Å². The molecule has 9 heteroatoms. The molecule has 3 rings (SSSR count). The van der Waals surface area contributed by atoms with Crippen LogP contribution >= 0.6 is 0 Å². The maximum atomic E-state index is 12.5. The number of carbonyl (C=O) groups excluding carboxylic acids is 1. The molecule has 7 nitrogen and oxygen atoms in total. The van der Waals surface area contributed by atoms with E-state index in [1.54, 1.807) is 5.06 Å². The summed E-state index contributed by atoms with van der Waals surface area (Å²) in [5.41, 5.74) is 1.08. The molecule has 0 aromatic heterocycles. The van der Waals surface area contributed by atoms with Crippen molar-refractivity contribution in [1.82, 2.24) is 5.06 Å². The molecule has 0 aliphatic carbocycles. The minimum atomic E-state index is -2.17. The second-order valence-corrected chi connectivity index (χ2v) is 22.7. The first kappa shape index (κ1) is 29.5. The largest absolute Gasteiger partial charge is 0.414 e. The zero-order valence-corrected chi connectivity index (χ0v) is 25.9. The van der Waals surface area contributed by atoms with Crippen molar-refractivity contribution < 1.29 is 28.0 Å². The average molecular weight is 538 g/mol. The highest BCUT2D eigenvalue weighted by Crippen LogP contribution is 2.42. The van der Waals surface area contributed by atoms with Gasteiger partial charge in [-0.2, -0.15) is 0 Å². The molecule has 0 bridgehead atoms. The normalized spacial score (nSPS) is 26.1. The van der Waals surface area contributed by atoms with E-state index in [0.717, 1.165) is 5.56 Å². The summed E-state index contributed by atoms with van der Waals surface area (Å²) in [5.74, 6) is -0.258. The van der Waals surface area contributed by atoms with Crippen molar-refractivity contribution in [2.24, 2.45) is 0 Å². The van der Waals surface area contributed by atoms with Crippen molar-refractivity contribution >= 4 is 22.6 Å². The maximum Gasteiger partial charge on any atom is 0.327 e. The summed E-state index contributed by atoms with van der Waals surface area (Å²) in [4.78, 5) is 18.1. The molecule has 0 saturated carbocycles. The number of fused-ring (bicyclic) bond motifs is 1. The second kappa shape index (κ2) is 11.0. The van der Waals surface area contributed by atoms with E-state index in [-0.39, 0.29) is 47.3 Å². The number of nitrogens with zero attached hydrogens (tertiary/aromatic N) is 1. The van der Waals surface area contributed by atoms with Crippen LogP contribution in [0.15, 0.2) is 30.3 Å². The van der Waals surface area contributed by atoms with Crippen LogP contribution in [-0.2, 0) is 34.6 Å². The molecule has 0 spiro atoms. The Morgan fingerprint density at radius 2 is 1.56 bits per heavy atom. The van der Waals surface area contributed by atoms with Gasteiger partial charge in [0, 0.05) is 0 Å². The van der Waals surface area contributed by atoms with Crippen LogP contribution in [-0.4, -0.2) is 65.4 Å². The molecule has 2 aliphatic rings. The number of benzene rings is 1. The number of hydroxylamine groups is 2. The predicted molar refractivity (Wildman–Crippen MR) is 146 cm³/mol. The Labute approximate surface area is 220 Å². The third-order valence-electron chi connectivity index (χ3n) is 8.29. The van der Waals surface area contributed by atoms with Gasteiger partial charge in [-0.3, -0.25) is 4.79 Å². The summed E-state index contributed by atoms with van der Waals surface area (Å²) in [6, 6.07) is 9.78. The van der Waals surface area contributed by atoms with E-state index in [9.17, 15) is 4.79 Å². The minimum absolute atomic E-state index is 0.0157. The van der Waals surface area contributed by atoms with Crippen LogP contribution in [0.2, 0.25) is 36.3 Å². The molecule has 2 aliphatic heterocycles. The first-order valence-corrected chi connectivity index (χ1v) is 18.9. The van der Waals surface area contributed by atoms with E-state index >= 15 is 0 Å². The summed E-state index contributed by atoms with van der Waals surface area (Å²) >= 11 is 0. The minimum Gasteiger partial charge on any atom is -0.414 e. The lowest BCUT2D eigenvalue weighted by Crippen LogP contribution is -2.64. The molecule has 4 atom stereocenters. The molecule has 1 aromatic carbocycles. The van der Waals surface area contributed by atoms with Crippen molar-refractivity contribution in [3.8, 4) is 0 Å². The van der Waals surface area contributed by atoms with Gasteiger partial charge in [0.2, 0.25) is 0 Å². The molecule has 36 heavy (non-hydrogen) atoms. The lowest BCUT2D eigenvalue weighted by Gasteiger charge is -2.49. The monoisotopic (exact) mass is 537 g/mol. The van der Waals surface area contributed by atoms with Gasteiger partial charge in [-0.05, 0) is 41.8 Å². The number of ether oxygens (including phenoxy) is 2. The Kier molecular flexibility index (Phi) is 8.97. The van der Waals surface area contributed by atoms with Crippen molar-refractivity contribution in [2.75, 3.05) is 13.2 Å². The van der Waals surface area contributed by atoms with Gasteiger partial charge >= 0.3 is 5.97 Å². The molecular weight excluding hydrogens is 490 g/mol. The zero-order chi connectivity index (χ0) is 26.9. The van der Waals surface area contributed by atoms with Crippen molar-refractivity contribution in [1.29, 1.82) is 0 Å². The van der Waals surface area contributed by atoms with Crippen LogP contribution in [0.4, 0.5) is 0 Å². The van der Waals surface area contributed by atoms with Gasteiger partial charge in [0.25, 0.3) is 0 Å². The third kappa shape index (κ3) is 6.86. The van der Waals surface area contributed by atoms with Gasteiger partial charge in [-0.15, -0.1) is 5.06 Å². The van der Waals surface area contributed by atoms with Crippen LogP contribution in [0.5, 0.6) is 0 Å². The van der Waals surface area contributed by atoms with Gasteiger partial charge in [0.05, 0.1) is 38.4 Å². The van der Waals surface area contributed by atoms with E-state index in [2.05, 4.69) is 67.7 Å². The molecule has 0 N–H and O–H groups in total. The lowest BCUT2D eigenvalue weighted by atomic mass is 10.0. The fourth-order valence-electron chi connectivity index (χ4n) is 3.88. The first-order valence-electron chi connectivity index (χ1n) is 13.1. The number of carbonyl (C=O) groups is 1. The highest BCUT2D eigenvalue weighted by atomic mass is 28.4. The highest BCUT2D eigenvalue weighted by molar-refractivity contribution is 6.74. The molecular formula is C27H47NO6Si2. The molecule has 2 saturated heterocycles. The van der Waals surface area contributed by atoms with Crippen LogP contribution < -0.4 is 0 Å². The van der Waals surface area contributed by atoms with E-state index in [1.165, 1.54) is 0 Å². The van der Waals surface area contributed by atoms with E-state index < -0.39 is 22.9 Å². The molecule has 204 valence electrons. The zero-order valence-electron chi connectivity index (χ0n) is 23.9. The summed E-state index contributed by atoms with van der Waals surface area (Å²) in [6.45, 7) is 23.5. The van der Waals surface area contributed by atoms with Gasteiger partial charge in [-0.25, -0.2) is 0 Å². The van der Waals surface area contributed by atoms with Gasteiger partial charge in [0.1, 0.15) is 6.10 Å². The highest BCUT2D eigenvalue weighted by Gasteiger charge is 2.54. The first-order chi connectivity index (χ1) is 16.5. The Morgan fingerprint density at radius 3 is 2.14 bits per heavy atom. The second-order valence-electron chi connectivity index (χ2n) is 13.1. The van der Waals surface area contributed by atoms with E-state index in [0.29, 0.717) is 13.2 Å². The Morgan fingerprint density at radius 1 is 0.944 bits per heavy atom. The van der Waals surface area contributed by atoms with Crippen LogP contribution in [0.1, 0.15) is 53.5 Å². The predicted octanol–water partition coefficient (Wildman–Crippen LogP) is 5.87. The Balaban J connectivity index is 1.82. The van der Waals surface area contributed by atoms with Crippen molar-refractivity contribution in [3.05, 3.63) is 35.9 Å². The molecule has 1 aromatic rings. The Hall–Kier alpha value is -1.08. The van der Waals surface area contributed by atoms with Crippen LogP contribution in [0.25, 0.3) is 0 Å². The molecule has 2 fully saturated rings. The quantitative estimate of drug-likeness (QED) is 0.365. The van der Waals surface area contributed by atoms with Gasteiger partial charge in [-0.1, -0.05) is 71.9 Å². The standard InChI is InChI=1S/C27H47NO6Si2/c1-26(2,3)35(7,8)31-18-22-25(34-36(9,10)27(4,5)6)21-16-24(29)33-28(21)23(32-22)19-30-17-20-14-12-11-13-15-20/h11-15,21-23,25H,16-19H2,1-10H3/t21-,22+,23-,25-/m0/s1. The van der Waals surface area contributed by atoms with Gasteiger partial charge < -0.3 is 23.2 Å². The smallest absolute Gasteiger partial charge is 0.327 e. The summed E-state index contributed by atoms with van der Waals surface area (Å²) in [6.07, 6.45) is -0.895. The summed E-state index contributed by atoms with van der Waals surface area (Å²) < 4.78 is 26.2. The van der Waals surface area contributed by atoms with Crippen LogP contribution in [0.3, 0.4) is 0 Å².